The zero-order valence-electron chi connectivity index (χ0n) is 19.3. The van der Waals surface area contributed by atoms with E-state index in [2.05, 4.69) is 45.0 Å². The summed E-state index contributed by atoms with van der Waals surface area (Å²) in [5, 5.41) is 8.39. The van der Waals surface area contributed by atoms with Crippen molar-refractivity contribution in [3.63, 3.8) is 0 Å². The number of hydrogen-bond acceptors (Lipinski definition) is 5. The number of nitrogens with two attached hydrogens (primary N) is 1. The lowest BCUT2D eigenvalue weighted by atomic mass is 10.0. The summed E-state index contributed by atoms with van der Waals surface area (Å²) in [6, 6.07) is 12.3. The quantitative estimate of drug-likeness (QED) is 0.278. The molecule has 0 fully saturated rings. The van der Waals surface area contributed by atoms with Crippen LogP contribution >= 0.6 is 0 Å². The molecule has 2 amide bonds. The summed E-state index contributed by atoms with van der Waals surface area (Å²) in [6.07, 6.45) is 3.87. The minimum atomic E-state index is -0.568. The van der Waals surface area contributed by atoms with E-state index in [1.54, 1.807) is 12.1 Å². The van der Waals surface area contributed by atoms with Crippen LogP contribution < -0.4 is 27.2 Å². The molecule has 0 radical (unpaired) electrons. The van der Waals surface area contributed by atoms with Crippen LogP contribution in [0.5, 0.6) is 0 Å². The number of halogens is 1. The van der Waals surface area contributed by atoms with Gasteiger partial charge in [0.1, 0.15) is 5.82 Å². The second kappa shape index (κ2) is 12.6. The number of carbonyl (C=O) groups is 1. The summed E-state index contributed by atoms with van der Waals surface area (Å²) < 4.78 is 14.4. The Hall–Kier alpha value is -3.56. The minimum Gasteiger partial charge on any atom is -0.338 e. The molecule has 9 heteroatoms. The van der Waals surface area contributed by atoms with E-state index in [1.165, 1.54) is 23.4 Å². The topological polar surface area (TPSA) is 125 Å². The molecule has 3 rings (SSSR count). The highest BCUT2D eigenvalue weighted by molar-refractivity contribution is 5.87. The number of rotatable bonds is 11. The number of anilines is 1. The molecule has 0 saturated carbocycles. The van der Waals surface area contributed by atoms with Crippen molar-refractivity contribution in [2.24, 2.45) is 5.73 Å². The molecular formula is C25H31FN6O2. The molecule has 2 aromatic carbocycles. The van der Waals surface area contributed by atoms with E-state index in [4.69, 9.17) is 5.73 Å². The van der Waals surface area contributed by atoms with Crippen LogP contribution in [0.1, 0.15) is 29.5 Å². The predicted octanol–water partition coefficient (Wildman–Crippen LogP) is 3.08. The first kappa shape index (κ1) is 25.1. The van der Waals surface area contributed by atoms with Crippen molar-refractivity contribution >= 4 is 12.0 Å². The van der Waals surface area contributed by atoms with Gasteiger partial charge in [-0.1, -0.05) is 36.4 Å². The molecule has 3 aromatic rings. The van der Waals surface area contributed by atoms with E-state index in [9.17, 15) is 14.0 Å². The molecule has 0 spiro atoms. The molecule has 1 heterocycles. The first-order valence-corrected chi connectivity index (χ1v) is 11.4. The maximum Gasteiger partial charge on any atom is 0.321 e. The Balaban J connectivity index is 1.52. The minimum absolute atomic E-state index is 0.0198. The smallest absolute Gasteiger partial charge is 0.321 e. The van der Waals surface area contributed by atoms with Crippen molar-refractivity contribution in [2.45, 2.75) is 32.7 Å². The largest absolute Gasteiger partial charge is 0.338 e. The van der Waals surface area contributed by atoms with Gasteiger partial charge >= 0.3 is 6.03 Å². The van der Waals surface area contributed by atoms with E-state index in [-0.39, 0.29) is 11.5 Å². The van der Waals surface area contributed by atoms with E-state index in [0.717, 1.165) is 19.3 Å². The zero-order valence-corrected chi connectivity index (χ0v) is 19.3. The fourth-order valence-electron chi connectivity index (χ4n) is 3.50. The van der Waals surface area contributed by atoms with Crippen LogP contribution in [0.4, 0.5) is 15.1 Å². The number of carbonyl (C=O) groups excluding carboxylic acids is 1. The predicted molar refractivity (Wildman–Crippen MR) is 132 cm³/mol. The van der Waals surface area contributed by atoms with Crippen LogP contribution in [0, 0.1) is 12.7 Å². The Kier molecular flexibility index (Phi) is 9.30. The lowest BCUT2D eigenvalue weighted by Gasteiger charge is -2.09. The van der Waals surface area contributed by atoms with Crippen LogP contribution in [0.3, 0.4) is 0 Å². The molecule has 34 heavy (non-hydrogen) atoms. The maximum atomic E-state index is 14.4. The van der Waals surface area contributed by atoms with Crippen molar-refractivity contribution in [3.05, 3.63) is 81.5 Å². The Morgan fingerprint density at radius 2 is 1.94 bits per heavy atom. The van der Waals surface area contributed by atoms with Crippen molar-refractivity contribution in [3.8, 4) is 11.1 Å². The van der Waals surface area contributed by atoms with Crippen LogP contribution in [0.2, 0.25) is 0 Å². The number of benzene rings is 2. The summed E-state index contributed by atoms with van der Waals surface area (Å²) in [5.41, 5.74) is 8.47. The fraction of sp³-hybridized carbons (Fsp3) is 0.320. The third-order valence-corrected chi connectivity index (χ3v) is 5.44. The van der Waals surface area contributed by atoms with Gasteiger partial charge in [0, 0.05) is 24.8 Å². The number of urea groups is 1. The molecule has 6 N–H and O–H groups in total. The summed E-state index contributed by atoms with van der Waals surface area (Å²) in [6.45, 7) is 4.20. The van der Waals surface area contributed by atoms with Crippen molar-refractivity contribution in [2.75, 3.05) is 25.0 Å². The average Bonchev–Trinajstić information content (AvgIpc) is 2.81. The lowest BCUT2D eigenvalue weighted by Crippen LogP contribution is -2.31. The Morgan fingerprint density at radius 3 is 2.68 bits per heavy atom. The van der Waals surface area contributed by atoms with Crippen molar-refractivity contribution in [1.29, 1.82) is 0 Å². The van der Waals surface area contributed by atoms with Gasteiger partial charge in [0.25, 0.3) is 5.56 Å². The summed E-state index contributed by atoms with van der Waals surface area (Å²) in [4.78, 5) is 31.2. The first-order chi connectivity index (χ1) is 16.5. The van der Waals surface area contributed by atoms with Gasteiger partial charge in [-0.25, -0.2) is 9.18 Å². The number of aromatic amines is 1. The number of nitrogens with zero attached hydrogens (tertiary/aromatic N) is 1. The van der Waals surface area contributed by atoms with Gasteiger partial charge < -0.3 is 21.4 Å². The lowest BCUT2D eigenvalue weighted by molar-refractivity contribution is 0.252. The van der Waals surface area contributed by atoms with Crippen LogP contribution in [0.25, 0.3) is 11.1 Å². The molecule has 0 aliphatic carbocycles. The van der Waals surface area contributed by atoms with E-state index < -0.39 is 17.4 Å². The zero-order chi connectivity index (χ0) is 24.3. The molecule has 0 atom stereocenters. The number of aryl methyl sites for hydroxylation is 2. The van der Waals surface area contributed by atoms with Gasteiger partial charge in [0.2, 0.25) is 5.95 Å². The Morgan fingerprint density at radius 1 is 1.12 bits per heavy atom. The molecular weight excluding hydrogens is 435 g/mol. The number of amides is 2. The van der Waals surface area contributed by atoms with Crippen LogP contribution in [0.15, 0.2) is 53.5 Å². The van der Waals surface area contributed by atoms with E-state index >= 15 is 0 Å². The normalized spacial score (nSPS) is 10.8. The summed E-state index contributed by atoms with van der Waals surface area (Å²) in [5.74, 6) is -0.393. The fourth-order valence-corrected chi connectivity index (χ4v) is 3.50. The number of nitrogens with one attached hydrogen (secondary N) is 4. The number of aromatic nitrogens is 2. The Labute approximate surface area is 198 Å². The molecule has 180 valence electrons. The first-order valence-electron chi connectivity index (χ1n) is 11.4. The summed E-state index contributed by atoms with van der Waals surface area (Å²) in [7, 11) is 0. The molecule has 1 aromatic heterocycles. The highest BCUT2D eigenvalue weighted by atomic mass is 19.1. The van der Waals surface area contributed by atoms with E-state index in [1.807, 2.05) is 12.1 Å². The number of hydrogen-bond donors (Lipinski definition) is 5. The van der Waals surface area contributed by atoms with Crippen LogP contribution in [-0.2, 0) is 13.0 Å². The third kappa shape index (κ3) is 7.23. The molecule has 0 aliphatic rings. The van der Waals surface area contributed by atoms with Gasteiger partial charge in [-0.2, -0.15) is 4.98 Å². The monoisotopic (exact) mass is 466 g/mol. The molecule has 8 nitrogen and oxygen atoms in total. The third-order valence-electron chi connectivity index (χ3n) is 5.44. The van der Waals surface area contributed by atoms with Gasteiger partial charge in [0.05, 0.1) is 5.56 Å². The highest BCUT2D eigenvalue weighted by Gasteiger charge is 2.11. The SMILES string of the molecule is Cc1ccccc1CCCNC(=O)Nc1nc(=O)c(-c2ccc(CNCCCN)c(F)c2)c[nH]1. The average molecular weight is 467 g/mol. The highest BCUT2D eigenvalue weighted by Crippen LogP contribution is 2.19. The number of H-pyrrole nitrogens is 1. The molecule has 0 saturated heterocycles. The van der Waals surface area contributed by atoms with Gasteiger partial charge in [-0.05, 0) is 62.0 Å². The second-order valence-electron chi connectivity index (χ2n) is 8.00. The molecule has 0 bridgehead atoms. The molecule has 0 unspecified atom stereocenters. The summed E-state index contributed by atoms with van der Waals surface area (Å²) >= 11 is 0. The van der Waals surface area contributed by atoms with Crippen molar-refractivity contribution < 1.29 is 9.18 Å². The van der Waals surface area contributed by atoms with Gasteiger partial charge in [-0.15, -0.1) is 0 Å². The maximum absolute atomic E-state index is 14.4. The standard InChI is InChI=1S/C25H31FN6O2/c1-17-6-2-3-7-18(17)8-4-13-29-25(34)32-24-30-16-21(23(33)31-24)19-9-10-20(22(26)14-19)15-28-12-5-11-27/h2-3,6-7,9-10,14,16,28H,4-5,8,11-13,15,27H2,1H3,(H3,29,30,31,32,33,34). The van der Waals surface area contributed by atoms with E-state index in [0.29, 0.717) is 37.3 Å². The second-order valence-corrected chi connectivity index (χ2v) is 8.00. The Bertz CT molecular complexity index is 1160. The molecule has 0 aliphatic heterocycles. The van der Waals surface area contributed by atoms with Crippen LogP contribution in [-0.4, -0.2) is 35.6 Å². The van der Waals surface area contributed by atoms with Gasteiger partial charge in [-0.3, -0.25) is 10.1 Å². The van der Waals surface area contributed by atoms with Crippen molar-refractivity contribution in [1.82, 2.24) is 20.6 Å². The van der Waals surface area contributed by atoms with Gasteiger partial charge in [0.15, 0.2) is 0 Å².